The highest BCUT2D eigenvalue weighted by Crippen LogP contribution is 2.34. The van der Waals surface area contributed by atoms with Crippen LogP contribution in [-0.2, 0) is 9.53 Å². The molecule has 2 heterocycles. The highest BCUT2D eigenvalue weighted by atomic mass is 32.1. The van der Waals surface area contributed by atoms with Gasteiger partial charge in [0.1, 0.15) is 0 Å². The third-order valence-corrected chi connectivity index (χ3v) is 4.77. The molecule has 0 radical (unpaired) electrons. The Bertz CT molecular complexity index is 577. The minimum Gasteiger partial charge on any atom is -0.469 e. The van der Waals surface area contributed by atoms with Crippen LogP contribution in [0.15, 0.2) is 24.3 Å². The third kappa shape index (κ3) is 2.18. The Labute approximate surface area is 116 Å². The Morgan fingerprint density at radius 3 is 2.95 bits per heavy atom. The van der Waals surface area contributed by atoms with Crippen molar-refractivity contribution in [2.45, 2.75) is 6.92 Å². The minimum atomic E-state index is -0.115. The molecule has 100 valence electrons. The lowest BCUT2D eigenvalue weighted by atomic mass is 9.99. The zero-order chi connectivity index (χ0) is 13.4. The van der Waals surface area contributed by atoms with Crippen molar-refractivity contribution in [3.05, 3.63) is 24.3 Å². The summed E-state index contributed by atoms with van der Waals surface area (Å²) in [6, 6.07) is 8.12. The second kappa shape index (κ2) is 4.81. The second-order valence-electron chi connectivity index (χ2n) is 4.98. The zero-order valence-corrected chi connectivity index (χ0v) is 11.8. The lowest BCUT2D eigenvalue weighted by Crippen LogP contribution is -2.24. The van der Waals surface area contributed by atoms with Crippen LogP contribution in [0.2, 0.25) is 0 Å². The van der Waals surface area contributed by atoms with Crippen molar-refractivity contribution in [1.29, 1.82) is 0 Å². The Morgan fingerprint density at radius 1 is 1.42 bits per heavy atom. The van der Waals surface area contributed by atoms with Gasteiger partial charge in [0.15, 0.2) is 5.13 Å². The monoisotopic (exact) mass is 276 g/mol. The number of carbonyl (C=O) groups is 1. The van der Waals surface area contributed by atoms with Gasteiger partial charge in [0.2, 0.25) is 0 Å². The summed E-state index contributed by atoms with van der Waals surface area (Å²) in [7, 11) is 1.45. The Hall–Kier alpha value is -1.62. The van der Waals surface area contributed by atoms with E-state index in [-0.39, 0.29) is 11.9 Å². The van der Waals surface area contributed by atoms with Gasteiger partial charge in [-0.3, -0.25) is 4.79 Å². The number of nitrogens with zero attached hydrogens (tertiary/aromatic N) is 2. The number of thiazole rings is 1. The number of hydrogen-bond donors (Lipinski definition) is 0. The number of ether oxygens (including phenoxy) is 1. The minimum absolute atomic E-state index is 0.0444. The molecular formula is C14H16N2O2S. The van der Waals surface area contributed by atoms with Crippen LogP contribution in [-0.4, -0.2) is 31.2 Å². The molecule has 2 unspecified atom stereocenters. The molecule has 0 bridgehead atoms. The maximum Gasteiger partial charge on any atom is 0.310 e. The van der Waals surface area contributed by atoms with Crippen LogP contribution in [0.5, 0.6) is 0 Å². The van der Waals surface area contributed by atoms with Crippen molar-refractivity contribution < 1.29 is 9.53 Å². The van der Waals surface area contributed by atoms with Gasteiger partial charge >= 0.3 is 5.97 Å². The van der Waals surface area contributed by atoms with Crippen LogP contribution >= 0.6 is 11.3 Å². The average Bonchev–Trinajstić information content (AvgIpc) is 3.00. The smallest absolute Gasteiger partial charge is 0.310 e. The predicted molar refractivity (Wildman–Crippen MR) is 76.5 cm³/mol. The molecule has 0 aliphatic carbocycles. The fraction of sp³-hybridized carbons (Fsp3) is 0.429. The molecule has 1 aliphatic rings. The van der Waals surface area contributed by atoms with Gasteiger partial charge in [-0.25, -0.2) is 4.98 Å². The molecule has 0 N–H and O–H groups in total. The summed E-state index contributed by atoms with van der Waals surface area (Å²) in [5.74, 6) is 0.146. The Balaban J connectivity index is 1.85. The number of esters is 1. The number of methoxy groups -OCH3 is 1. The number of aromatic nitrogens is 1. The fourth-order valence-electron chi connectivity index (χ4n) is 2.58. The largest absolute Gasteiger partial charge is 0.469 e. The van der Waals surface area contributed by atoms with Gasteiger partial charge < -0.3 is 9.64 Å². The van der Waals surface area contributed by atoms with Gasteiger partial charge in [0, 0.05) is 13.1 Å². The van der Waals surface area contributed by atoms with E-state index in [1.54, 1.807) is 11.3 Å². The van der Waals surface area contributed by atoms with Gasteiger partial charge in [0.05, 0.1) is 23.2 Å². The zero-order valence-electron chi connectivity index (χ0n) is 11.0. The highest BCUT2D eigenvalue weighted by Gasteiger charge is 2.36. The lowest BCUT2D eigenvalue weighted by molar-refractivity contribution is -0.145. The molecule has 1 saturated heterocycles. The summed E-state index contributed by atoms with van der Waals surface area (Å²) >= 11 is 1.68. The second-order valence-corrected chi connectivity index (χ2v) is 5.99. The molecule has 1 aromatic heterocycles. The highest BCUT2D eigenvalue weighted by molar-refractivity contribution is 7.22. The van der Waals surface area contributed by atoms with Crippen LogP contribution in [0.4, 0.5) is 5.13 Å². The van der Waals surface area contributed by atoms with E-state index in [1.165, 1.54) is 11.8 Å². The fourth-order valence-corrected chi connectivity index (χ4v) is 3.56. The number of rotatable bonds is 2. The van der Waals surface area contributed by atoms with Crippen molar-refractivity contribution in [3.63, 3.8) is 0 Å². The maximum absolute atomic E-state index is 11.7. The van der Waals surface area contributed by atoms with Gasteiger partial charge in [-0.1, -0.05) is 30.4 Å². The van der Waals surface area contributed by atoms with Crippen LogP contribution in [0.1, 0.15) is 6.92 Å². The van der Waals surface area contributed by atoms with E-state index in [0.29, 0.717) is 12.5 Å². The molecule has 1 fully saturated rings. The molecule has 2 aromatic rings. The van der Waals surface area contributed by atoms with Crippen molar-refractivity contribution in [1.82, 2.24) is 4.98 Å². The van der Waals surface area contributed by atoms with Crippen LogP contribution in [0.3, 0.4) is 0 Å². The van der Waals surface area contributed by atoms with E-state index < -0.39 is 0 Å². The van der Waals surface area contributed by atoms with Gasteiger partial charge in [0.25, 0.3) is 0 Å². The molecule has 2 atom stereocenters. The standard InChI is InChI=1S/C14H16N2O2S/c1-9-7-16(8-10(9)13(17)18-2)14-15-11-5-3-4-6-12(11)19-14/h3-6,9-10H,7-8H2,1-2H3. The predicted octanol–water partition coefficient (Wildman–Crippen LogP) is 2.54. The van der Waals surface area contributed by atoms with Crippen molar-refractivity contribution in [3.8, 4) is 0 Å². The molecular weight excluding hydrogens is 260 g/mol. The first-order valence-electron chi connectivity index (χ1n) is 6.37. The molecule has 1 aromatic carbocycles. The van der Waals surface area contributed by atoms with Gasteiger partial charge in [-0.05, 0) is 18.1 Å². The molecule has 19 heavy (non-hydrogen) atoms. The molecule has 0 saturated carbocycles. The van der Waals surface area contributed by atoms with E-state index in [4.69, 9.17) is 4.74 Å². The van der Waals surface area contributed by atoms with Crippen molar-refractivity contribution >= 4 is 32.7 Å². The van der Waals surface area contributed by atoms with E-state index in [2.05, 4.69) is 22.9 Å². The van der Waals surface area contributed by atoms with Crippen LogP contribution in [0.25, 0.3) is 10.2 Å². The van der Waals surface area contributed by atoms with E-state index in [1.807, 2.05) is 18.2 Å². The van der Waals surface area contributed by atoms with Gasteiger partial charge in [-0.2, -0.15) is 0 Å². The lowest BCUT2D eigenvalue weighted by Gasteiger charge is -2.13. The maximum atomic E-state index is 11.7. The molecule has 3 rings (SSSR count). The number of benzene rings is 1. The van der Waals surface area contributed by atoms with E-state index >= 15 is 0 Å². The molecule has 0 spiro atoms. The normalized spacial score (nSPS) is 22.9. The number of para-hydroxylation sites is 1. The molecule has 1 aliphatic heterocycles. The summed E-state index contributed by atoms with van der Waals surface area (Å²) in [5.41, 5.74) is 1.02. The first-order valence-corrected chi connectivity index (χ1v) is 7.19. The summed E-state index contributed by atoms with van der Waals surface area (Å²) in [6.45, 7) is 3.65. The number of fused-ring (bicyclic) bond motifs is 1. The molecule has 4 nitrogen and oxygen atoms in total. The first kappa shape index (κ1) is 12.4. The summed E-state index contributed by atoms with van der Waals surface area (Å²) < 4.78 is 6.05. The Morgan fingerprint density at radius 2 is 2.21 bits per heavy atom. The van der Waals surface area contributed by atoms with Gasteiger partial charge in [-0.15, -0.1) is 0 Å². The number of hydrogen-bond acceptors (Lipinski definition) is 5. The van der Waals surface area contributed by atoms with Crippen molar-refractivity contribution in [2.75, 3.05) is 25.1 Å². The Kier molecular flexibility index (Phi) is 3.14. The summed E-state index contributed by atoms with van der Waals surface area (Å²) in [5, 5.41) is 0.999. The van der Waals surface area contributed by atoms with E-state index in [9.17, 15) is 4.79 Å². The van der Waals surface area contributed by atoms with Crippen LogP contribution in [0, 0.1) is 11.8 Å². The number of carbonyl (C=O) groups excluding carboxylic acids is 1. The molecule has 5 heteroatoms. The van der Waals surface area contributed by atoms with Crippen LogP contribution < -0.4 is 4.90 Å². The number of anilines is 1. The average molecular weight is 276 g/mol. The first-order chi connectivity index (χ1) is 9.19. The summed E-state index contributed by atoms with van der Waals surface area (Å²) in [4.78, 5) is 18.5. The van der Waals surface area contributed by atoms with Crippen molar-refractivity contribution in [2.24, 2.45) is 11.8 Å². The van der Waals surface area contributed by atoms with E-state index in [0.717, 1.165) is 17.2 Å². The third-order valence-electron chi connectivity index (χ3n) is 3.67. The SMILES string of the molecule is COC(=O)C1CN(c2nc3ccccc3s2)CC1C. The molecule has 0 amide bonds. The topological polar surface area (TPSA) is 42.4 Å². The summed E-state index contributed by atoms with van der Waals surface area (Å²) in [6.07, 6.45) is 0. The quantitative estimate of drug-likeness (QED) is 0.791.